The Hall–Kier alpha value is -1.03. The van der Waals surface area contributed by atoms with Gasteiger partial charge >= 0.3 is 0 Å². The van der Waals surface area contributed by atoms with Crippen LogP contribution in [0.3, 0.4) is 0 Å². The van der Waals surface area contributed by atoms with Crippen molar-refractivity contribution in [1.82, 2.24) is 0 Å². The van der Waals surface area contributed by atoms with E-state index < -0.39 is 0 Å². The van der Waals surface area contributed by atoms with Gasteiger partial charge in [0.05, 0.1) is 5.56 Å². The molecule has 1 aromatic rings. The summed E-state index contributed by atoms with van der Waals surface area (Å²) in [5.74, 6) is 1.78. The summed E-state index contributed by atoms with van der Waals surface area (Å²) in [5.41, 5.74) is 6.15. The highest BCUT2D eigenvalue weighted by Crippen LogP contribution is 2.20. The highest BCUT2D eigenvalue weighted by Gasteiger charge is 2.09. The van der Waals surface area contributed by atoms with Crippen LogP contribution >= 0.6 is 11.8 Å². The number of nitrogens with two attached hydrogens (primary N) is 1. The minimum Gasteiger partial charge on any atom is -0.384 e. The van der Waals surface area contributed by atoms with Crippen molar-refractivity contribution >= 4 is 17.6 Å². The topological polar surface area (TPSA) is 49.9 Å². The number of hydrogen-bond donors (Lipinski definition) is 2. The molecule has 0 fully saturated rings. The van der Waals surface area contributed by atoms with E-state index in [4.69, 9.17) is 11.1 Å². The van der Waals surface area contributed by atoms with E-state index in [0.29, 0.717) is 17.2 Å². The Kier molecular flexibility index (Phi) is 5.48. The number of amidine groups is 1. The van der Waals surface area contributed by atoms with E-state index in [1.165, 1.54) is 0 Å². The summed E-state index contributed by atoms with van der Waals surface area (Å²) in [7, 11) is 0. The van der Waals surface area contributed by atoms with Crippen LogP contribution < -0.4 is 5.73 Å². The van der Waals surface area contributed by atoms with E-state index in [9.17, 15) is 4.39 Å². The first-order valence-electron chi connectivity index (χ1n) is 5.72. The molecular weight excluding hydrogens is 235 g/mol. The normalized spacial score (nSPS) is 10.8. The van der Waals surface area contributed by atoms with Crippen molar-refractivity contribution in [2.75, 3.05) is 5.75 Å². The molecule has 0 spiro atoms. The first kappa shape index (κ1) is 14.0. The summed E-state index contributed by atoms with van der Waals surface area (Å²) in [4.78, 5) is 0. The van der Waals surface area contributed by atoms with Crippen molar-refractivity contribution < 1.29 is 4.39 Å². The third kappa shape index (κ3) is 4.38. The van der Waals surface area contributed by atoms with Gasteiger partial charge in [0.25, 0.3) is 0 Å². The zero-order valence-corrected chi connectivity index (χ0v) is 11.1. The fraction of sp³-hybridized carbons (Fsp3) is 0.462. The summed E-state index contributed by atoms with van der Waals surface area (Å²) < 4.78 is 13.9. The van der Waals surface area contributed by atoms with Gasteiger partial charge in [-0.25, -0.2) is 4.39 Å². The van der Waals surface area contributed by atoms with E-state index in [1.54, 1.807) is 30.0 Å². The lowest BCUT2D eigenvalue weighted by molar-refractivity contribution is 0.614. The molecule has 0 unspecified atom stereocenters. The summed E-state index contributed by atoms with van der Waals surface area (Å²) in [6, 6.07) is 5.04. The maximum atomic E-state index is 13.9. The Morgan fingerprint density at radius 3 is 2.76 bits per heavy atom. The maximum absolute atomic E-state index is 13.9. The van der Waals surface area contributed by atoms with Crippen molar-refractivity contribution in [3.8, 4) is 0 Å². The van der Waals surface area contributed by atoms with E-state index in [2.05, 4.69) is 13.8 Å². The van der Waals surface area contributed by atoms with Gasteiger partial charge in [0.15, 0.2) is 0 Å². The molecule has 3 N–H and O–H groups in total. The number of rotatable bonds is 6. The lowest BCUT2D eigenvalue weighted by Crippen LogP contribution is -2.14. The monoisotopic (exact) mass is 254 g/mol. The largest absolute Gasteiger partial charge is 0.384 e. The fourth-order valence-electron chi connectivity index (χ4n) is 1.40. The molecule has 0 aliphatic rings. The van der Waals surface area contributed by atoms with Crippen molar-refractivity contribution in [1.29, 1.82) is 5.41 Å². The van der Waals surface area contributed by atoms with Gasteiger partial charge in [-0.2, -0.15) is 11.8 Å². The third-order valence-corrected chi connectivity index (χ3v) is 3.51. The molecule has 0 saturated carbocycles. The first-order chi connectivity index (χ1) is 8.02. The number of halogens is 1. The first-order valence-corrected chi connectivity index (χ1v) is 6.87. The van der Waals surface area contributed by atoms with E-state index >= 15 is 0 Å². The summed E-state index contributed by atoms with van der Waals surface area (Å²) in [6.07, 6.45) is 1.14. The van der Waals surface area contributed by atoms with Crippen LogP contribution in [0.5, 0.6) is 0 Å². The summed E-state index contributed by atoms with van der Waals surface area (Å²) >= 11 is 1.72. The minimum atomic E-state index is -0.350. The fourth-order valence-corrected chi connectivity index (χ4v) is 2.63. The van der Waals surface area contributed by atoms with Gasteiger partial charge in [-0.1, -0.05) is 26.0 Å². The molecule has 0 heterocycles. The van der Waals surface area contributed by atoms with Gasteiger partial charge in [0, 0.05) is 5.75 Å². The van der Waals surface area contributed by atoms with Gasteiger partial charge < -0.3 is 5.73 Å². The Morgan fingerprint density at radius 2 is 2.18 bits per heavy atom. The molecule has 1 rings (SSSR count). The van der Waals surface area contributed by atoms with Crippen LogP contribution in [0.15, 0.2) is 18.2 Å². The lowest BCUT2D eigenvalue weighted by atomic mass is 10.1. The van der Waals surface area contributed by atoms with Crippen molar-refractivity contribution in [2.24, 2.45) is 11.7 Å². The molecule has 0 aliphatic carbocycles. The average Bonchev–Trinajstić information content (AvgIpc) is 2.25. The highest BCUT2D eigenvalue weighted by atomic mass is 32.2. The van der Waals surface area contributed by atoms with Crippen molar-refractivity contribution in [3.63, 3.8) is 0 Å². The molecule has 0 atom stereocenters. The molecule has 1 aromatic carbocycles. The highest BCUT2D eigenvalue weighted by molar-refractivity contribution is 7.98. The smallest absolute Gasteiger partial charge is 0.138 e. The summed E-state index contributed by atoms with van der Waals surface area (Å²) in [5, 5.41) is 7.27. The Balaban J connectivity index is 2.59. The van der Waals surface area contributed by atoms with Crippen LogP contribution in [0.4, 0.5) is 4.39 Å². The molecule has 0 aromatic heterocycles. The zero-order valence-electron chi connectivity index (χ0n) is 10.3. The quantitative estimate of drug-likeness (QED) is 0.464. The number of nitrogens with one attached hydrogen (secondary N) is 1. The van der Waals surface area contributed by atoms with Gasteiger partial charge in [-0.3, -0.25) is 5.41 Å². The van der Waals surface area contributed by atoms with Crippen LogP contribution in [-0.2, 0) is 5.75 Å². The summed E-state index contributed by atoms with van der Waals surface area (Å²) in [6.45, 7) is 4.36. The lowest BCUT2D eigenvalue weighted by Gasteiger charge is -2.08. The molecule has 2 nitrogen and oxygen atoms in total. The minimum absolute atomic E-state index is 0.201. The Bertz CT molecular complexity index is 391. The second-order valence-electron chi connectivity index (χ2n) is 4.43. The predicted octanol–water partition coefficient (Wildman–Crippen LogP) is 3.39. The van der Waals surface area contributed by atoms with E-state index in [1.807, 2.05) is 0 Å². The number of thioether (sulfide) groups is 1. The molecule has 17 heavy (non-hydrogen) atoms. The molecule has 4 heteroatoms. The van der Waals surface area contributed by atoms with Gasteiger partial charge in [0.1, 0.15) is 11.7 Å². The predicted molar refractivity (Wildman–Crippen MR) is 73.0 cm³/mol. The molecule has 0 aliphatic heterocycles. The van der Waals surface area contributed by atoms with Crippen LogP contribution in [0, 0.1) is 17.1 Å². The van der Waals surface area contributed by atoms with Crippen LogP contribution in [0.2, 0.25) is 0 Å². The molecule has 0 amide bonds. The molecular formula is C13H19FN2S. The zero-order chi connectivity index (χ0) is 12.8. The molecule has 0 saturated heterocycles. The van der Waals surface area contributed by atoms with Crippen LogP contribution in [0.25, 0.3) is 0 Å². The third-order valence-electron chi connectivity index (χ3n) is 2.47. The van der Waals surface area contributed by atoms with E-state index in [-0.39, 0.29) is 17.2 Å². The standard InChI is InChI=1S/C13H19FN2S/c1-9(2)6-7-17-8-10-4-3-5-11(12(10)14)13(15)16/h3-5,9H,6-8H2,1-2H3,(H3,15,16). The van der Waals surface area contributed by atoms with E-state index in [0.717, 1.165) is 12.2 Å². The van der Waals surface area contributed by atoms with Gasteiger partial charge in [0.2, 0.25) is 0 Å². The maximum Gasteiger partial charge on any atom is 0.138 e. The number of benzene rings is 1. The Labute approximate surface area is 106 Å². The van der Waals surface area contributed by atoms with Gasteiger partial charge in [-0.05, 0) is 29.7 Å². The number of nitrogen functional groups attached to an aromatic ring is 1. The second-order valence-corrected chi connectivity index (χ2v) is 5.53. The Morgan fingerprint density at radius 1 is 1.47 bits per heavy atom. The van der Waals surface area contributed by atoms with Crippen molar-refractivity contribution in [2.45, 2.75) is 26.0 Å². The molecule has 94 valence electrons. The SMILES string of the molecule is CC(C)CCSCc1cccc(C(=N)N)c1F. The number of hydrogen-bond acceptors (Lipinski definition) is 2. The van der Waals surface area contributed by atoms with Gasteiger partial charge in [-0.15, -0.1) is 0 Å². The van der Waals surface area contributed by atoms with Crippen LogP contribution in [0.1, 0.15) is 31.4 Å². The second kappa shape index (κ2) is 6.64. The molecule has 0 radical (unpaired) electrons. The van der Waals surface area contributed by atoms with Crippen LogP contribution in [-0.4, -0.2) is 11.6 Å². The average molecular weight is 254 g/mol. The van der Waals surface area contributed by atoms with Crippen molar-refractivity contribution in [3.05, 3.63) is 35.1 Å². The molecule has 0 bridgehead atoms.